The minimum absolute atomic E-state index is 0.116. The fourth-order valence-electron chi connectivity index (χ4n) is 6.57. The number of β-amino-alcohol motifs (C(OH)–C–C–N with tert-alkyl or cyclic N) is 1. The molecule has 2 heterocycles. The van der Waals surface area contributed by atoms with E-state index >= 15 is 0 Å². The quantitative estimate of drug-likeness (QED) is 0.205. The maximum absolute atomic E-state index is 11.0. The number of nitrogens with one attached hydrogen (secondary N) is 1. The smallest absolute Gasteiger partial charge is 0.124 e. The van der Waals surface area contributed by atoms with Crippen molar-refractivity contribution in [3.8, 4) is 11.5 Å². The summed E-state index contributed by atoms with van der Waals surface area (Å²) in [5.74, 6) is 1.52. The zero-order chi connectivity index (χ0) is 31.6. The van der Waals surface area contributed by atoms with Crippen molar-refractivity contribution in [2.75, 3.05) is 65.1 Å². The molecule has 2 N–H and O–H groups in total. The number of rotatable bonds is 16. The molecule has 0 bridgehead atoms. The highest BCUT2D eigenvalue weighted by atomic mass is 16.5. The largest absolute Gasteiger partial charge is 0.496 e. The maximum atomic E-state index is 11.0. The SMILES string of the molecule is COCCCN1CC(C)(C)c2ccc(CO[C@H]3CNC[C@@H](O)[C@@H]3c3ccc(OCCCOCc4ccccc4OC)cc3)cc21. The van der Waals surface area contributed by atoms with Gasteiger partial charge in [0, 0.05) is 68.9 Å². The van der Waals surface area contributed by atoms with Crippen LogP contribution in [0, 0.1) is 0 Å². The Morgan fingerprint density at radius 2 is 1.73 bits per heavy atom. The lowest BCUT2D eigenvalue weighted by atomic mass is 9.85. The molecule has 0 aromatic heterocycles. The highest BCUT2D eigenvalue weighted by Gasteiger charge is 2.36. The van der Waals surface area contributed by atoms with E-state index in [0.29, 0.717) is 39.5 Å². The minimum Gasteiger partial charge on any atom is -0.496 e. The van der Waals surface area contributed by atoms with Gasteiger partial charge in [0.15, 0.2) is 0 Å². The number of methoxy groups -OCH3 is 2. The molecule has 0 radical (unpaired) electrons. The first-order valence-electron chi connectivity index (χ1n) is 16.2. The second-order valence-corrected chi connectivity index (χ2v) is 12.7. The van der Waals surface area contributed by atoms with E-state index in [1.54, 1.807) is 14.2 Å². The molecule has 3 aromatic rings. The number of anilines is 1. The number of nitrogens with zero attached hydrogens (tertiary/aromatic N) is 1. The van der Waals surface area contributed by atoms with Gasteiger partial charge in [0.25, 0.3) is 0 Å². The van der Waals surface area contributed by atoms with E-state index in [4.69, 9.17) is 23.7 Å². The van der Waals surface area contributed by atoms with Crippen molar-refractivity contribution >= 4 is 5.69 Å². The second kappa shape index (κ2) is 15.9. The molecule has 8 heteroatoms. The van der Waals surface area contributed by atoms with Crippen LogP contribution in [0.1, 0.15) is 54.9 Å². The van der Waals surface area contributed by atoms with Gasteiger partial charge in [0.2, 0.25) is 0 Å². The summed E-state index contributed by atoms with van der Waals surface area (Å²) in [5.41, 5.74) is 6.05. The molecule has 0 aliphatic carbocycles. The van der Waals surface area contributed by atoms with Crippen molar-refractivity contribution in [3.63, 3.8) is 0 Å². The third kappa shape index (κ3) is 8.57. The minimum atomic E-state index is -0.534. The Balaban J connectivity index is 1.13. The molecule has 2 aliphatic heterocycles. The van der Waals surface area contributed by atoms with Gasteiger partial charge in [-0.1, -0.05) is 56.3 Å². The molecular weight excluding hydrogens is 568 g/mol. The summed E-state index contributed by atoms with van der Waals surface area (Å²) in [7, 11) is 3.43. The van der Waals surface area contributed by atoms with Crippen LogP contribution in [0.4, 0.5) is 5.69 Å². The predicted octanol–water partition coefficient (Wildman–Crippen LogP) is 5.45. The highest BCUT2D eigenvalue weighted by molar-refractivity contribution is 5.63. The van der Waals surface area contributed by atoms with Crippen molar-refractivity contribution in [1.82, 2.24) is 5.32 Å². The Morgan fingerprint density at radius 1 is 0.911 bits per heavy atom. The van der Waals surface area contributed by atoms with E-state index < -0.39 is 6.10 Å². The normalized spacial score (nSPS) is 20.6. The molecule has 1 saturated heterocycles. The van der Waals surface area contributed by atoms with Crippen LogP contribution in [-0.4, -0.2) is 77.5 Å². The molecule has 0 spiro atoms. The molecule has 5 rings (SSSR count). The van der Waals surface area contributed by atoms with Gasteiger partial charge < -0.3 is 39.0 Å². The van der Waals surface area contributed by atoms with Crippen molar-refractivity contribution in [2.24, 2.45) is 0 Å². The maximum Gasteiger partial charge on any atom is 0.124 e. The summed E-state index contributed by atoms with van der Waals surface area (Å²) in [5, 5.41) is 14.4. The Hall–Kier alpha value is -3.14. The molecule has 0 unspecified atom stereocenters. The van der Waals surface area contributed by atoms with Gasteiger partial charge in [-0.3, -0.25) is 0 Å². The summed E-state index contributed by atoms with van der Waals surface area (Å²) in [6.45, 7) is 10.8. The molecule has 3 aromatic carbocycles. The van der Waals surface area contributed by atoms with Crippen LogP contribution >= 0.6 is 0 Å². The number of ether oxygens (including phenoxy) is 5. The molecule has 244 valence electrons. The monoisotopic (exact) mass is 618 g/mol. The van der Waals surface area contributed by atoms with Crippen LogP contribution in [0.5, 0.6) is 11.5 Å². The lowest BCUT2D eigenvalue weighted by molar-refractivity contribution is -0.0328. The fourth-order valence-corrected chi connectivity index (χ4v) is 6.57. The van der Waals surface area contributed by atoms with E-state index in [1.165, 1.54) is 11.3 Å². The van der Waals surface area contributed by atoms with Gasteiger partial charge in [-0.05, 0) is 47.4 Å². The van der Waals surface area contributed by atoms with E-state index in [-0.39, 0.29) is 17.4 Å². The number of para-hydroxylation sites is 1. The molecule has 0 amide bonds. The first-order valence-corrected chi connectivity index (χ1v) is 16.2. The van der Waals surface area contributed by atoms with Crippen LogP contribution in [0.15, 0.2) is 66.7 Å². The van der Waals surface area contributed by atoms with Crippen LogP contribution in [0.25, 0.3) is 0 Å². The van der Waals surface area contributed by atoms with Crippen LogP contribution in [0.3, 0.4) is 0 Å². The van der Waals surface area contributed by atoms with Gasteiger partial charge >= 0.3 is 0 Å². The highest BCUT2D eigenvalue weighted by Crippen LogP contribution is 2.41. The number of hydrogen-bond donors (Lipinski definition) is 2. The fraction of sp³-hybridized carbons (Fsp3) is 0.514. The van der Waals surface area contributed by atoms with Gasteiger partial charge in [-0.15, -0.1) is 0 Å². The van der Waals surface area contributed by atoms with Crippen LogP contribution in [0.2, 0.25) is 0 Å². The Morgan fingerprint density at radius 3 is 2.53 bits per heavy atom. The molecule has 2 aliphatic rings. The third-order valence-electron chi connectivity index (χ3n) is 8.89. The van der Waals surface area contributed by atoms with E-state index in [9.17, 15) is 5.11 Å². The molecule has 0 saturated carbocycles. The molecule has 8 nitrogen and oxygen atoms in total. The summed E-state index contributed by atoms with van der Waals surface area (Å²) in [6.07, 6.45) is 1.10. The Labute approximate surface area is 268 Å². The van der Waals surface area contributed by atoms with Crippen molar-refractivity contribution in [2.45, 2.75) is 63.4 Å². The van der Waals surface area contributed by atoms with Gasteiger partial charge in [-0.25, -0.2) is 0 Å². The Bertz CT molecular complexity index is 1350. The summed E-state index contributed by atoms with van der Waals surface area (Å²) in [6, 6.07) is 22.7. The standard InChI is InChI=1S/C37H50N2O6/c1-37(2)26-39(17-7-18-41-3)32-21-27(11-16-31(32)37)24-45-35-23-38-22-33(40)36(35)28-12-14-30(15-13-28)44-20-8-19-43-25-29-9-5-6-10-34(29)42-4/h5-6,9-16,21,33,35-36,38,40H,7-8,17-20,22-26H2,1-4H3/t33-,35+,36+/m1/s1. The zero-order valence-electron chi connectivity index (χ0n) is 27.3. The Kier molecular flexibility index (Phi) is 11.8. The number of hydrogen-bond acceptors (Lipinski definition) is 8. The number of aliphatic hydroxyl groups excluding tert-OH is 1. The van der Waals surface area contributed by atoms with Gasteiger partial charge in [0.1, 0.15) is 11.5 Å². The molecule has 1 fully saturated rings. The lowest BCUT2D eigenvalue weighted by Crippen LogP contribution is -2.49. The van der Waals surface area contributed by atoms with Crippen LogP contribution < -0.4 is 19.7 Å². The summed E-state index contributed by atoms with van der Waals surface area (Å²) in [4.78, 5) is 2.48. The molecule has 3 atom stereocenters. The number of aliphatic hydroxyl groups is 1. The first-order chi connectivity index (χ1) is 21.9. The number of benzene rings is 3. The topological polar surface area (TPSA) is 81.7 Å². The van der Waals surface area contributed by atoms with Crippen molar-refractivity contribution in [3.05, 3.63) is 89.0 Å². The average Bonchev–Trinajstić information content (AvgIpc) is 3.31. The first kappa shape index (κ1) is 33.2. The summed E-state index contributed by atoms with van der Waals surface area (Å²) >= 11 is 0. The van der Waals surface area contributed by atoms with E-state index in [0.717, 1.165) is 60.7 Å². The number of fused-ring (bicyclic) bond motifs is 1. The molecule has 45 heavy (non-hydrogen) atoms. The predicted molar refractivity (Wildman–Crippen MR) is 178 cm³/mol. The molecular formula is C37H50N2O6. The van der Waals surface area contributed by atoms with Gasteiger partial charge in [0.05, 0.1) is 45.7 Å². The van der Waals surface area contributed by atoms with E-state index in [1.807, 2.05) is 36.4 Å². The summed E-state index contributed by atoms with van der Waals surface area (Å²) < 4.78 is 29.0. The zero-order valence-corrected chi connectivity index (χ0v) is 27.3. The average molecular weight is 619 g/mol. The second-order valence-electron chi connectivity index (χ2n) is 12.7. The lowest BCUT2D eigenvalue weighted by Gasteiger charge is -2.36. The number of piperidine rings is 1. The van der Waals surface area contributed by atoms with Crippen molar-refractivity contribution < 1.29 is 28.8 Å². The van der Waals surface area contributed by atoms with Gasteiger partial charge in [-0.2, -0.15) is 0 Å². The van der Waals surface area contributed by atoms with Crippen molar-refractivity contribution in [1.29, 1.82) is 0 Å². The van der Waals surface area contributed by atoms with Crippen LogP contribution in [-0.2, 0) is 32.8 Å². The van der Waals surface area contributed by atoms with E-state index in [2.05, 4.69) is 54.4 Å². The third-order valence-corrected chi connectivity index (χ3v) is 8.89.